The zero-order valence-electron chi connectivity index (χ0n) is 13.0. The molecule has 0 aromatic carbocycles. The van der Waals surface area contributed by atoms with Gasteiger partial charge in [0.15, 0.2) is 0 Å². The van der Waals surface area contributed by atoms with Crippen LogP contribution in [0.1, 0.15) is 47.6 Å². The number of aliphatic hydroxyl groups excluding tert-OH is 2. The van der Waals surface area contributed by atoms with Gasteiger partial charge in [0.05, 0.1) is 12.2 Å². The Morgan fingerprint density at radius 1 is 0.833 bits per heavy atom. The van der Waals surface area contributed by atoms with Crippen molar-refractivity contribution in [1.82, 2.24) is 9.97 Å². The molecule has 2 aromatic rings. The molecule has 0 amide bonds. The maximum absolute atomic E-state index is 10.1. The van der Waals surface area contributed by atoms with Crippen molar-refractivity contribution in [1.29, 1.82) is 0 Å². The first-order valence-electron chi connectivity index (χ1n) is 7.32. The number of rotatable bonds is 4. The van der Waals surface area contributed by atoms with Crippen molar-refractivity contribution >= 4 is 0 Å². The van der Waals surface area contributed by atoms with Gasteiger partial charge in [0, 0.05) is 36.4 Å². The highest BCUT2D eigenvalue weighted by molar-refractivity contribution is 5.44. The number of terminal acetylenes is 2. The Morgan fingerprint density at radius 3 is 1.62 bits per heavy atom. The van der Waals surface area contributed by atoms with Crippen molar-refractivity contribution in [2.75, 3.05) is 0 Å². The molecule has 0 saturated heterocycles. The van der Waals surface area contributed by atoms with E-state index in [-0.39, 0.29) is 12.8 Å². The molecule has 0 aliphatic carbocycles. The van der Waals surface area contributed by atoms with Crippen molar-refractivity contribution < 1.29 is 10.2 Å². The Bertz CT molecular complexity index is 781. The number of hydrogen-bond acceptors (Lipinski definition) is 4. The summed E-state index contributed by atoms with van der Waals surface area (Å²) < 4.78 is 0. The number of pyridine rings is 2. The van der Waals surface area contributed by atoms with Gasteiger partial charge in [-0.3, -0.25) is 0 Å². The molecule has 0 saturated carbocycles. The maximum Gasteiger partial charge on any atom is 0.119 e. The molecule has 4 nitrogen and oxygen atoms in total. The molecule has 2 N–H and O–H groups in total. The fraction of sp³-hybridized carbons (Fsp3) is 0.200. The molecule has 24 heavy (non-hydrogen) atoms. The largest absolute Gasteiger partial charge is 0.387 e. The summed E-state index contributed by atoms with van der Waals surface area (Å²) in [6, 6.07) is 6.88. The summed E-state index contributed by atoms with van der Waals surface area (Å²) in [7, 11) is 0. The lowest BCUT2D eigenvalue weighted by Crippen LogP contribution is -2.02. The van der Waals surface area contributed by atoms with E-state index in [4.69, 9.17) is 12.8 Å². The molecule has 0 spiro atoms. The second kappa shape index (κ2) is 8.51. The third kappa shape index (κ3) is 4.22. The minimum atomic E-state index is -0.830. The van der Waals surface area contributed by atoms with Crippen LogP contribution in [0.5, 0.6) is 0 Å². The van der Waals surface area contributed by atoms with Crippen molar-refractivity contribution in [2.45, 2.75) is 25.0 Å². The Hall–Kier alpha value is -3.10. The van der Waals surface area contributed by atoms with Crippen LogP contribution < -0.4 is 0 Å². The van der Waals surface area contributed by atoms with Gasteiger partial charge in [-0.2, -0.15) is 0 Å². The Kier molecular flexibility index (Phi) is 6.12. The molecule has 2 rings (SSSR count). The van der Waals surface area contributed by atoms with Gasteiger partial charge in [-0.15, -0.1) is 24.7 Å². The second-order valence-corrected chi connectivity index (χ2v) is 4.98. The van der Waals surface area contributed by atoms with E-state index in [1.165, 1.54) is 0 Å². The first kappa shape index (κ1) is 17.3. The molecule has 2 unspecified atom stereocenters. The van der Waals surface area contributed by atoms with Crippen LogP contribution in [0.2, 0.25) is 0 Å². The number of nitrogens with zero attached hydrogens (tertiary/aromatic N) is 2. The van der Waals surface area contributed by atoms with Crippen molar-refractivity contribution in [3.8, 4) is 36.5 Å². The molecule has 0 bridgehead atoms. The summed E-state index contributed by atoms with van der Waals surface area (Å²) in [5.41, 5.74) is 1.96. The molecular formula is C20H16N2O2. The summed E-state index contributed by atoms with van der Waals surface area (Å²) >= 11 is 0. The zero-order chi connectivity index (χ0) is 17.4. The van der Waals surface area contributed by atoms with Gasteiger partial charge in [0.1, 0.15) is 11.4 Å². The van der Waals surface area contributed by atoms with Crippen LogP contribution in [0, 0.1) is 36.5 Å². The number of aliphatic hydroxyl groups is 2. The summed E-state index contributed by atoms with van der Waals surface area (Å²) in [4.78, 5) is 8.37. The molecule has 2 atom stereocenters. The minimum Gasteiger partial charge on any atom is -0.387 e. The standard InChI is InChI=1S/C20H16N2O2/c1-3-7-19(23)15-9-5-13-21-17(15)11-12-18-16(10-6-14-22-18)20(24)8-4-2/h1-2,5-6,9-10,13-14,19-20,23-24H,7-8H2. The molecule has 4 heteroatoms. The van der Waals surface area contributed by atoms with E-state index in [9.17, 15) is 10.2 Å². The second-order valence-electron chi connectivity index (χ2n) is 4.98. The fourth-order valence-corrected chi connectivity index (χ4v) is 2.14. The van der Waals surface area contributed by atoms with E-state index < -0.39 is 12.2 Å². The quantitative estimate of drug-likeness (QED) is 0.847. The van der Waals surface area contributed by atoms with Crippen LogP contribution in [-0.2, 0) is 0 Å². The van der Waals surface area contributed by atoms with Crippen molar-refractivity contribution in [2.24, 2.45) is 0 Å². The highest BCUT2D eigenvalue weighted by Crippen LogP contribution is 2.20. The molecule has 0 fully saturated rings. The first-order valence-corrected chi connectivity index (χ1v) is 7.32. The summed E-state index contributed by atoms with van der Waals surface area (Å²) in [6.07, 6.45) is 12.4. The van der Waals surface area contributed by atoms with Crippen LogP contribution in [-0.4, -0.2) is 20.2 Å². The first-order chi connectivity index (χ1) is 11.7. The van der Waals surface area contributed by atoms with Gasteiger partial charge >= 0.3 is 0 Å². The Labute approximate surface area is 141 Å². The van der Waals surface area contributed by atoms with Gasteiger partial charge in [-0.25, -0.2) is 9.97 Å². The van der Waals surface area contributed by atoms with E-state index in [1.807, 2.05) is 0 Å². The molecule has 2 heterocycles. The lowest BCUT2D eigenvalue weighted by molar-refractivity contribution is 0.183. The van der Waals surface area contributed by atoms with Crippen LogP contribution in [0.4, 0.5) is 0 Å². The van der Waals surface area contributed by atoms with Gasteiger partial charge in [0.25, 0.3) is 0 Å². The highest BCUT2D eigenvalue weighted by Gasteiger charge is 2.12. The van der Waals surface area contributed by atoms with Crippen LogP contribution in [0.15, 0.2) is 36.7 Å². The van der Waals surface area contributed by atoms with Gasteiger partial charge in [-0.1, -0.05) is 12.1 Å². The highest BCUT2D eigenvalue weighted by atomic mass is 16.3. The topological polar surface area (TPSA) is 66.2 Å². The molecule has 0 aliphatic heterocycles. The third-order valence-electron chi connectivity index (χ3n) is 3.32. The zero-order valence-corrected chi connectivity index (χ0v) is 13.0. The smallest absolute Gasteiger partial charge is 0.119 e. The Balaban J connectivity index is 2.39. The van der Waals surface area contributed by atoms with E-state index in [2.05, 4.69) is 33.6 Å². The van der Waals surface area contributed by atoms with Crippen molar-refractivity contribution in [3.63, 3.8) is 0 Å². The minimum absolute atomic E-state index is 0.177. The maximum atomic E-state index is 10.1. The summed E-state index contributed by atoms with van der Waals surface area (Å²) in [5.74, 6) is 10.6. The normalized spacial score (nSPS) is 12.2. The molecular weight excluding hydrogens is 300 g/mol. The lowest BCUT2D eigenvalue weighted by Gasteiger charge is -2.09. The van der Waals surface area contributed by atoms with Crippen LogP contribution >= 0.6 is 0 Å². The van der Waals surface area contributed by atoms with Gasteiger partial charge in [-0.05, 0) is 24.0 Å². The lowest BCUT2D eigenvalue weighted by atomic mass is 10.0. The number of hydrogen-bond donors (Lipinski definition) is 2. The average molecular weight is 316 g/mol. The monoisotopic (exact) mass is 316 g/mol. The molecule has 0 aliphatic rings. The van der Waals surface area contributed by atoms with Gasteiger partial charge < -0.3 is 10.2 Å². The van der Waals surface area contributed by atoms with Crippen LogP contribution in [0.3, 0.4) is 0 Å². The summed E-state index contributed by atoms with van der Waals surface area (Å²) in [5, 5.41) is 20.2. The number of aromatic nitrogens is 2. The predicted molar refractivity (Wildman–Crippen MR) is 91.3 cm³/mol. The van der Waals surface area contributed by atoms with Crippen molar-refractivity contribution in [3.05, 3.63) is 59.2 Å². The van der Waals surface area contributed by atoms with E-state index in [1.54, 1.807) is 36.7 Å². The SMILES string of the molecule is C#CCC(O)c1cccnc1C#Cc1ncccc1C(O)CC#C. The predicted octanol–water partition coefficient (Wildman–Crippen LogP) is 1.99. The van der Waals surface area contributed by atoms with E-state index in [0.29, 0.717) is 22.5 Å². The van der Waals surface area contributed by atoms with E-state index >= 15 is 0 Å². The van der Waals surface area contributed by atoms with E-state index in [0.717, 1.165) is 0 Å². The summed E-state index contributed by atoms with van der Waals surface area (Å²) in [6.45, 7) is 0. The fourth-order valence-electron chi connectivity index (χ4n) is 2.14. The molecule has 118 valence electrons. The van der Waals surface area contributed by atoms with Crippen LogP contribution in [0.25, 0.3) is 0 Å². The average Bonchev–Trinajstić information content (AvgIpc) is 2.61. The molecule has 0 radical (unpaired) electrons. The Morgan fingerprint density at radius 2 is 1.25 bits per heavy atom. The van der Waals surface area contributed by atoms with Gasteiger partial charge in [0.2, 0.25) is 0 Å². The molecule has 2 aromatic heterocycles. The third-order valence-corrected chi connectivity index (χ3v) is 3.32.